The number of primary amides is 1. The molecule has 1 atom stereocenters. The fourth-order valence-corrected chi connectivity index (χ4v) is 3.44. The number of nitrogens with zero attached hydrogens (tertiary/aromatic N) is 2. The van der Waals surface area contributed by atoms with Gasteiger partial charge in [0.15, 0.2) is 0 Å². The average molecular weight is 329 g/mol. The number of rotatable bonds is 3. The molecule has 0 radical (unpaired) electrons. The highest BCUT2D eigenvalue weighted by atomic mass is 16.5. The minimum absolute atomic E-state index is 0.0201. The van der Waals surface area contributed by atoms with E-state index >= 15 is 0 Å². The standard InChI is InChI=1S/C17H19N3O4/c18-17(22)13-10-20-9-11(8-19-4-6-23-7-5-19)24-14-3-1-2-12(15(14)20)16(13)21/h1-3,10-11H,4-9H2,(H2,18,22). The number of para-hydroxylation sites is 1. The summed E-state index contributed by atoms with van der Waals surface area (Å²) in [5.41, 5.74) is 5.77. The van der Waals surface area contributed by atoms with E-state index in [4.69, 9.17) is 15.2 Å². The minimum Gasteiger partial charge on any atom is -0.485 e. The Kier molecular flexibility index (Phi) is 3.74. The molecule has 2 aliphatic heterocycles. The van der Waals surface area contributed by atoms with Crippen LogP contribution in [0.4, 0.5) is 0 Å². The average Bonchev–Trinajstić information content (AvgIpc) is 2.58. The molecule has 1 aromatic heterocycles. The van der Waals surface area contributed by atoms with Crippen LogP contribution in [0.2, 0.25) is 0 Å². The predicted octanol–water partition coefficient (Wildman–Crippen LogP) is 0.194. The van der Waals surface area contributed by atoms with Gasteiger partial charge in [0.05, 0.1) is 30.7 Å². The molecular weight excluding hydrogens is 310 g/mol. The maximum absolute atomic E-state index is 12.4. The van der Waals surface area contributed by atoms with Crippen molar-refractivity contribution in [3.63, 3.8) is 0 Å². The van der Waals surface area contributed by atoms with Crippen molar-refractivity contribution in [1.29, 1.82) is 0 Å². The zero-order chi connectivity index (χ0) is 16.7. The van der Waals surface area contributed by atoms with Crippen LogP contribution in [0.3, 0.4) is 0 Å². The highest BCUT2D eigenvalue weighted by molar-refractivity contribution is 5.97. The van der Waals surface area contributed by atoms with E-state index in [0.29, 0.717) is 17.7 Å². The van der Waals surface area contributed by atoms with Crippen molar-refractivity contribution in [2.24, 2.45) is 5.73 Å². The quantitative estimate of drug-likeness (QED) is 0.869. The fraction of sp³-hybridized carbons (Fsp3) is 0.412. The number of aromatic nitrogens is 1. The first-order valence-electron chi connectivity index (χ1n) is 8.06. The van der Waals surface area contributed by atoms with Gasteiger partial charge in [-0.05, 0) is 12.1 Å². The monoisotopic (exact) mass is 329 g/mol. The summed E-state index contributed by atoms with van der Waals surface area (Å²) in [4.78, 5) is 26.3. The lowest BCUT2D eigenvalue weighted by molar-refractivity contribution is 0.0154. The van der Waals surface area contributed by atoms with E-state index in [9.17, 15) is 9.59 Å². The maximum atomic E-state index is 12.4. The van der Waals surface area contributed by atoms with Gasteiger partial charge < -0.3 is 19.8 Å². The van der Waals surface area contributed by atoms with Crippen molar-refractivity contribution < 1.29 is 14.3 Å². The summed E-state index contributed by atoms with van der Waals surface area (Å²) in [6, 6.07) is 5.33. The van der Waals surface area contributed by atoms with E-state index < -0.39 is 5.91 Å². The Bertz CT molecular complexity index is 855. The van der Waals surface area contributed by atoms with Gasteiger partial charge in [-0.15, -0.1) is 0 Å². The highest BCUT2D eigenvalue weighted by Crippen LogP contribution is 2.29. The van der Waals surface area contributed by atoms with E-state index in [1.165, 1.54) is 0 Å². The van der Waals surface area contributed by atoms with Crippen molar-refractivity contribution >= 4 is 16.8 Å². The van der Waals surface area contributed by atoms with Crippen molar-refractivity contribution in [1.82, 2.24) is 9.47 Å². The number of carbonyl (C=O) groups is 1. The third-order valence-corrected chi connectivity index (χ3v) is 4.59. The fourth-order valence-electron chi connectivity index (χ4n) is 3.44. The molecule has 24 heavy (non-hydrogen) atoms. The Morgan fingerprint density at radius 3 is 2.83 bits per heavy atom. The molecule has 0 aliphatic carbocycles. The van der Waals surface area contributed by atoms with Crippen molar-refractivity contribution in [3.8, 4) is 5.75 Å². The first-order chi connectivity index (χ1) is 11.6. The highest BCUT2D eigenvalue weighted by Gasteiger charge is 2.26. The Morgan fingerprint density at radius 2 is 2.08 bits per heavy atom. The van der Waals surface area contributed by atoms with Crippen LogP contribution in [0.1, 0.15) is 10.4 Å². The lowest BCUT2D eigenvalue weighted by Gasteiger charge is -2.34. The second-order valence-corrected chi connectivity index (χ2v) is 6.19. The summed E-state index contributed by atoms with van der Waals surface area (Å²) in [5, 5.41) is 0.466. The van der Waals surface area contributed by atoms with Crippen molar-refractivity contribution in [3.05, 3.63) is 40.2 Å². The van der Waals surface area contributed by atoms with Crippen molar-refractivity contribution in [2.45, 2.75) is 12.6 Å². The molecule has 1 amide bonds. The molecular formula is C17H19N3O4. The molecule has 2 aromatic rings. The van der Waals surface area contributed by atoms with Gasteiger partial charge >= 0.3 is 0 Å². The molecule has 0 spiro atoms. The maximum Gasteiger partial charge on any atom is 0.254 e. The lowest BCUT2D eigenvalue weighted by Crippen LogP contribution is -2.45. The molecule has 3 heterocycles. The van der Waals surface area contributed by atoms with Crippen LogP contribution in [0, 0.1) is 0 Å². The van der Waals surface area contributed by atoms with Crippen LogP contribution in [-0.2, 0) is 11.3 Å². The van der Waals surface area contributed by atoms with Gasteiger partial charge in [0.2, 0.25) is 5.43 Å². The summed E-state index contributed by atoms with van der Waals surface area (Å²) in [6.07, 6.45) is 1.51. The van der Waals surface area contributed by atoms with E-state index in [1.807, 2.05) is 10.6 Å². The normalized spacial score (nSPS) is 20.8. The number of benzene rings is 1. The molecule has 1 saturated heterocycles. The predicted molar refractivity (Wildman–Crippen MR) is 88.4 cm³/mol. The molecule has 2 aliphatic rings. The summed E-state index contributed by atoms with van der Waals surface area (Å²) in [6.45, 7) is 4.58. The van der Waals surface area contributed by atoms with Gasteiger partial charge in [0, 0.05) is 25.8 Å². The molecule has 1 aromatic carbocycles. The van der Waals surface area contributed by atoms with Gasteiger partial charge in [-0.1, -0.05) is 6.07 Å². The smallest absolute Gasteiger partial charge is 0.254 e. The van der Waals surface area contributed by atoms with Gasteiger partial charge in [-0.3, -0.25) is 14.5 Å². The Morgan fingerprint density at radius 1 is 1.29 bits per heavy atom. The summed E-state index contributed by atoms with van der Waals surface area (Å²) in [7, 11) is 0. The van der Waals surface area contributed by atoms with Gasteiger partial charge in [0.25, 0.3) is 5.91 Å². The first kappa shape index (κ1) is 15.2. The number of morpholine rings is 1. The zero-order valence-electron chi connectivity index (χ0n) is 13.2. The SMILES string of the molecule is NC(=O)c1cn2c3c(cccc3c1=O)OC(CN1CCOCC1)C2. The van der Waals surface area contributed by atoms with Crippen LogP contribution in [0.15, 0.2) is 29.2 Å². The number of carbonyl (C=O) groups excluding carboxylic acids is 1. The Hall–Kier alpha value is -2.38. The topological polar surface area (TPSA) is 86.8 Å². The third-order valence-electron chi connectivity index (χ3n) is 4.59. The zero-order valence-corrected chi connectivity index (χ0v) is 13.2. The van der Waals surface area contributed by atoms with Gasteiger partial charge in [0.1, 0.15) is 17.4 Å². The molecule has 2 N–H and O–H groups in total. The van der Waals surface area contributed by atoms with E-state index in [-0.39, 0.29) is 17.1 Å². The summed E-state index contributed by atoms with van der Waals surface area (Å²) in [5.74, 6) is -0.0302. The molecule has 7 heteroatoms. The first-order valence-corrected chi connectivity index (χ1v) is 8.06. The largest absolute Gasteiger partial charge is 0.485 e. The molecule has 4 rings (SSSR count). The number of amides is 1. The second kappa shape index (κ2) is 5.92. The van der Waals surface area contributed by atoms with Crippen LogP contribution in [-0.4, -0.2) is 54.3 Å². The number of nitrogens with two attached hydrogens (primary N) is 1. The molecule has 1 unspecified atom stereocenters. The third kappa shape index (κ3) is 2.55. The van der Waals surface area contributed by atoms with Gasteiger partial charge in [-0.25, -0.2) is 0 Å². The van der Waals surface area contributed by atoms with E-state index in [0.717, 1.165) is 38.4 Å². The number of pyridine rings is 1. The number of hydrogen-bond donors (Lipinski definition) is 1. The van der Waals surface area contributed by atoms with Crippen LogP contribution in [0.25, 0.3) is 10.9 Å². The molecule has 7 nitrogen and oxygen atoms in total. The van der Waals surface area contributed by atoms with Gasteiger partial charge in [-0.2, -0.15) is 0 Å². The number of hydrogen-bond acceptors (Lipinski definition) is 5. The van der Waals surface area contributed by atoms with Crippen molar-refractivity contribution in [2.75, 3.05) is 32.8 Å². The number of ether oxygens (including phenoxy) is 2. The van der Waals surface area contributed by atoms with Crippen LogP contribution in [0.5, 0.6) is 5.75 Å². The second-order valence-electron chi connectivity index (χ2n) is 6.19. The minimum atomic E-state index is -0.702. The lowest BCUT2D eigenvalue weighted by atomic mass is 10.1. The summed E-state index contributed by atoms with van der Waals surface area (Å²) >= 11 is 0. The molecule has 126 valence electrons. The molecule has 0 bridgehead atoms. The Labute approximate surface area is 138 Å². The van der Waals surface area contributed by atoms with Crippen LogP contribution >= 0.6 is 0 Å². The van der Waals surface area contributed by atoms with E-state index in [2.05, 4.69) is 4.90 Å². The Balaban J connectivity index is 1.72. The van der Waals surface area contributed by atoms with E-state index in [1.54, 1.807) is 18.3 Å². The molecule has 0 saturated carbocycles. The molecule has 1 fully saturated rings. The van der Waals surface area contributed by atoms with Crippen LogP contribution < -0.4 is 15.9 Å². The summed E-state index contributed by atoms with van der Waals surface area (Å²) < 4.78 is 13.4.